The molecule has 20 heavy (non-hydrogen) atoms. The Kier molecular flexibility index (Phi) is 4.85. The molecule has 0 aromatic carbocycles. The van der Waals surface area contributed by atoms with Crippen molar-refractivity contribution in [1.29, 1.82) is 0 Å². The largest absolute Gasteiger partial charge is 0.480 e. The van der Waals surface area contributed by atoms with Gasteiger partial charge in [0.1, 0.15) is 12.6 Å². The van der Waals surface area contributed by atoms with Crippen LogP contribution in [0, 0.1) is 0 Å². The van der Waals surface area contributed by atoms with Crippen LogP contribution in [0.5, 0.6) is 0 Å². The van der Waals surface area contributed by atoms with Crippen LogP contribution in [0.25, 0.3) is 0 Å². The highest BCUT2D eigenvalue weighted by atomic mass is 19.4. The first-order valence-electron chi connectivity index (χ1n) is 6.07. The van der Waals surface area contributed by atoms with Gasteiger partial charge >= 0.3 is 18.2 Å². The standard InChI is InChI=1S/C11H17F3N2O4/c1-6(2)16(5-11(12,13)14)10(20)15-4-7(17)3-8(15)9(18)19/h6-8,17H,3-5H2,1-2H3,(H,18,19). The lowest BCUT2D eigenvalue weighted by atomic mass is 10.2. The van der Waals surface area contributed by atoms with Crippen molar-refractivity contribution in [1.82, 2.24) is 9.80 Å². The number of aliphatic hydroxyl groups is 1. The fourth-order valence-corrected chi connectivity index (χ4v) is 2.09. The molecule has 2 N–H and O–H groups in total. The summed E-state index contributed by atoms with van der Waals surface area (Å²) in [5.41, 5.74) is 0. The van der Waals surface area contributed by atoms with E-state index in [9.17, 15) is 27.9 Å². The average molecular weight is 298 g/mol. The number of carboxylic acid groups (broad SMARTS) is 1. The molecule has 1 saturated heterocycles. The molecule has 2 unspecified atom stereocenters. The molecule has 1 aliphatic rings. The zero-order valence-corrected chi connectivity index (χ0v) is 11.1. The van der Waals surface area contributed by atoms with Gasteiger partial charge in [-0.05, 0) is 13.8 Å². The Bertz CT molecular complexity index is 386. The van der Waals surface area contributed by atoms with Crippen LogP contribution in [0.15, 0.2) is 0 Å². The van der Waals surface area contributed by atoms with Gasteiger partial charge in [-0.1, -0.05) is 0 Å². The normalized spacial score (nSPS) is 23.2. The number of hydrogen-bond acceptors (Lipinski definition) is 3. The summed E-state index contributed by atoms with van der Waals surface area (Å²) in [6.07, 6.45) is -5.80. The van der Waals surface area contributed by atoms with Crippen LogP contribution < -0.4 is 0 Å². The summed E-state index contributed by atoms with van der Waals surface area (Å²) >= 11 is 0. The highest BCUT2D eigenvalue weighted by Crippen LogP contribution is 2.24. The second kappa shape index (κ2) is 5.86. The number of urea groups is 1. The maximum absolute atomic E-state index is 12.5. The minimum absolute atomic E-state index is 0.182. The van der Waals surface area contributed by atoms with Crippen molar-refractivity contribution in [3.8, 4) is 0 Å². The number of amides is 2. The van der Waals surface area contributed by atoms with Gasteiger partial charge in [0.05, 0.1) is 6.10 Å². The first-order valence-corrected chi connectivity index (χ1v) is 6.07. The quantitative estimate of drug-likeness (QED) is 0.811. The van der Waals surface area contributed by atoms with E-state index in [1.807, 2.05) is 0 Å². The molecule has 1 fully saturated rings. The predicted octanol–water partition coefficient (Wildman–Crippen LogP) is 0.899. The van der Waals surface area contributed by atoms with E-state index in [0.717, 1.165) is 4.90 Å². The number of aliphatic hydroxyl groups excluding tert-OH is 1. The van der Waals surface area contributed by atoms with E-state index in [4.69, 9.17) is 5.11 Å². The molecule has 116 valence electrons. The van der Waals surface area contributed by atoms with Gasteiger partial charge < -0.3 is 20.0 Å². The Morgan fingerprint density at radius 2 is 1.95 bits per heavy atom. The van der Waals surface area contributed by atoms with Crippen LogP contribution in [0.2, 0.25) is 0 Å². The molecule has 2 atom stereocenters. The second-order valence-corrected chi connectivity index (χ2v) is 5.02. The molecule has 9 heteroatoms. The summed E-state index contributed by atoms with van der Waals surface area (Å²) < 4.78 is 37.4. The van der Waals surface area contributed by atoms with E-state index in [2.05, 4.69) is 0 Å². The molecule has 0 aromatic heterocycles. The Morgan fingerprint density at radius 1 is 1.40 bits per heavy atom. The molecule has 6 nitrogen and oxygen atoms in total. The number of likely N-dealkylation sites (tertiary alicyclic amines) is 1. The Morgan fingerprint density at radius 3 is 2.35 bits per heavy atom. The molecule has 2 amide bonds. The molecule has 0 spiro atoms. The SMILES string of the molecule is CC(C)N(CC(F)(F)F)C(=O)N1CC(O)CC1C(=O)O. The lowest BCUT2D eigenvalue weighted by Crippen LogP contribution is -2.52. The third-order valence-electron chi connectivity index (χ3n) is 3.03. The number of hydrogen-bond donors (Lipinski definition) is 2. The van der Waals surface area contributed by atoms with Gasteiger partial charge in [-0.3, -0.25) is 0 Å². The number of carbonyl (C=O) groups is 2. The van der Waals surface area contributed by atoms with Crippen LogP contribution in [0.3, 0.4) is 0 Å². The molecule has 0 saturated carbocycles. The molecule has 1 aliphatic heterocycles. The number of rotatable bonds is 3. The fraction of sp³-hybridized carbons (Fsp3) is 0.818. The van der Waals surface area contributed by atoms with Gasteiger partial charge in [0.2, 0.25) is 0 Å². The summed E-state index contributed by atoms with van der Waals surface area (Å²) in [6.45, 7) is 1.08. The molecular formula is C11H17F3N2O4. The zero-order valence-electron chi connectivity index (χ0n) is 11.1. The van der Waals surface area contributed by atoms with Crippen LogP contribution in [-0.2, 0) is 4.79 Å². The molecule has 1 rings (SSSR count). The van der Waals surface area contributed by atoms with Crippen LogP contribution >= 0.6 is 0 Å². The third kappa shape index (κ3) is 3.99. The van der Waals surface area contributed by atoms with Gasteiger partial charge in [-0.25, -0.2) is 9.59 Å². The number of carbonyl (C=O) groups excluding carboxylic acids is 1. The number of nitrogens with zero attached hydrogens (tertiary/aromatic N) is 2. The van der Waals surface area contributed by atoms with Gasteiger partial charge in [0.15, 0.2) is 0 Å². The van der Waals surface area contributed by atoms with Crippen molar-refractivity contribution < 1.29 is 33.0 Å². The Labute approximate surface area is 113 Å². The lowest BCUT2D eigenvalue weighted by Gasteiger charge is -2.33. The van der Waals surface area contributed by atoms with Gasteiger partial charge in [0, 0.05) is 19.0 Å². The summed E-state index contributed by atoms with van der Waals surface area (Å²) in [7, 11) is 0. The third-order valence-corrected chi connectivity index (χ3v) is 3.03. The smallest absolute Gasteiger partial charge is 0.406 e. The van der Waals surface area contributed by atoms with E-state index >= 15 is 0 Å². The van der Waals surface area contributed by atoms with Crippen LogP contribution in [0.1, 0.15) is 20.3 Å². The van der Waals surface area contributed by atoms with Crippen molar-refractivity contribution in [2.45, 2.75) is 44.6 Å². The van der Waals surface area contributed by atoms with E-state index in [-0.39, 0.29) is 13.0 Å². The van der Waals surface area contributed by atoms with Crippen LogP contribution in [0.4, 0.5) is 18.0 Å². The summed E-state index contributed by atoms with van der Waals surface area (Å²) in [5, 5.41) is 18.4. The van der Waals surface area contributed by atoms with E-state index in [0.29, 0.717) is 4.90 Å². The second-order valence-electron chi connectivity index (χ2n) is 5.02. The highest BCUT2D eigenvalue weighted by molar-refractivity contribution is 5.83. The first-order chi connectivity index (χ1) is 9.03. The maximum Gasteiger partial charge on any atom is 0.406 e. The number of β-amino-alcohol motifs (C(OH)–C–C–N with tert-alkyl or cyclic N) is 1. The van der Waals surface area contributed by atoms with Crippen LogP contribution in [-0.4, -0.2) is 69.5 Å². The number of halogens is 3. The van der Waals surface area contributed by atoms with Gasteiger partial charge in [0.25, 0.3) is 0 Å². The molecule has 0 radical (unpaired) electrons. The average Bonchev–Trinajstić information content (AvgIpc) is 2.66. The maximum atomic E-state index is 12.5. The van der Waals surface area contributed by atoms with E-state index < -0.39 is 42.9 Å². The van der Waals surface area contributed by atoms with Gasteiger partial charge in [-0.2, -0.15) is 13.2 Å². The number of carboxylic acids is 1. The van der Waals surface area contributed by atoms with E-state index in [1.54, 1.807) is 0 Å². The predicted molar refractivity (Wildman–Crippen MR) is 62.0 cm³/mol. The monoisotopic (exact) mass is 298 g/mol. The Hall–Kier alpha value is -1.51. The topological polar surface area (TPSA) is 81.1 Å². The zero-order chi connectivity index (χ0) is 15.7. The van der Waals surface area contributed by atoms with Crippen molar-refractivity contribution in [3.05, 3.63) is 0 Å². The fourth-order valence-electron chi connectivity index (χ4n) is 2.09. The molecule has 0 aliphatic carbocycles. The number of alkyl halides is 3. The minimum atomic E-state index is -4.57. The molecular weight excluding hydrogens is 281 g/mol. The van der Waals surface area contributed by atoms with Crippen molar-refractivity contribution in [2.75, 3.05) is 13.1 Å². The number of aliphatic carboxylic acids is 1. The molecule has 0 bridgehead atoms. The summed E-state index contributed by atoms with van der Waals surface area (Å²) in [5.74, 6) is -1.34. The van der Waals surface area contributed by atoms with Crippen molar-refractivity contribution in [3.63, 3.8) is 0 Å². The first kappa shape index (κ1) is 16.5. The summed E-state index contributed by atoms with van der Waals surface area (Å²) in [6, 6.07) is -3.07. The van der Waals surface area contributed by atoms with Crippen molar-refractivity contribution >= 4 is 12.0 Å². The van der Waals surface area contributed by atoms with Crippen molar-refractivity contribution in [2.24, 2.45) is 0 Å². The molecule has 1 heterocycles. The molecule has 0 aromatic rings. The Balaban J connectivity index is 2.91. The van der Waals surface area contributed by atoms with E-state index in [1.165, 1.54) is 13.8 Å². The lowest BCUT2D eigenvalue weighted by molar-refractivity contribution is -0.145. The minimum Gasteiger partial charge on any atom is -0.480 e. The summed E-state index contributed by atoms with van der Waals surface area (Å²) in [4.78, 5) is 24.4. The van der Waals surface area contributed by atoms with Gasteiger partial charge in [-0.15, -0.1) is 0 Å². The highest BCUT2D eigenvalue weighted by Gasteiger charge is 2.43.